The average molecular weight is 240 g/mol. The molecule has 0 amide bonds. The van der Waals surface area contributed by atoms with E-state index in [1.807, 2.05) is 6.07 Å². The standard InChI is InChI=1S/C13H12N4O/c14-7-11-2-1-3-13(17-11)16-8-9-6-10(15)4-5-12(9)18/h1-6,18H,8,15H2,(H,16,17). The molecule has 0 bridgehead atoms. The van der Waals surface area contributed by atoms with E-state index in [0.717, 1.165) is 0 Å². The van der Waals surface area contributed by atoms with Crippen molar-refractivity contribution in [3.8, 4) is 11.8 Å². The van der Waals surface area contributed by atoms with Crippen LogP contribution in [-0.4, -0.2) is 10.1 Å². The first kappa shape index (κ1) is 11.7. The van der Waals surface area contributed by atoms with E-state index >= 15 is 0 Å². The molecular formula is C13H12N4O. The second kappa shape index (κ2) is 5.06. The Balaban J connectivity index is 2.11. The van der Waals surface area contributed by atoms with Crippen molar-refractivity contribution in [2.75, 3.05) is 11.1 Å². The Kier molecular flexibility index (Phi) is 3.30. The number of rotatable bonds is 3. The Morgan fingerprint density at radius 1 is 1.33 bits per heavy atom. The zero-order valence-corrected chi connectivity index (χ0v) is 9.59. The number of aromatic hydroxyl groups is 1. The highest BCUT2D eigenvalue weighted by Crippen LogP contribution is 2.20. The van der Waals surface area contributed by atoms with Crippen LogP contribution in [0.1, 0.15) is 11.3 Å². The first-order valence-electron chi connectivity index (χ1n) is 5.37. The summed E-state index contributed by atoms with van der Waals surface area (Å²) in [4.78, 5) is 4.07. The van der Waals surface area contributed by atoms with Gasteiger partial charge in [-0.15, -0.1) is 0 Å². The zero-order chi connectivity index (χ0) is 13.0. The van der Waals surface area contributed by atoms with Crippen molar-refractivity contribution in [2.45, 2.75) is 6.54 Å². The maximum Gasteiger partial charge on any atom is 0.142 e. The molecule has 5 nitrogen and oxygen atoms in total. The van der Waals surface area contributed by atoms with E-state index in [2.05, 4.69) is 10.3 Å². The quantitative estimate of drug-likeness (QED) is 0.562. The van der Waals surface area contributed by atoms with Gasteiger partial charge in [-0.2, -0.15) is 5.26 Å². The van der Waals surface area contributed by atoms with E-state index in [1.54, 1.807) is 36.4 Å². The van der Waals surface area contributed by atoms with Crippen molar-refractivity contribution < 1.29 is 5.11 Å². The number of pyridine rings is 1. The van der Waals surface area contributed by atoms with E-state index in [-0.39, 0.29) is 5.75 Å². The molecule has 5 heteroatoms. The molecule has 0 spiro atoms. The molecule has 0 atom stereocenters. The summed E-state index contributed by atoms with van der Waals surface area (Å²) >= 11 is 0. The van der Waals surface area contributed by atoms with Gasteiger partial charge in [0, 0.05) is 17.8 Å². The molecule has 1 aromatic heterocycles. The number of nitrogens with two attached hydrogens (primary N) is 1. The number of aromatic nitrogens is 1. The number of nitrogens with zero attached hydrogens (tertiary/aromatic N) is 2. The fourth-order valence-electron chi connectivity index (χ4n) is 1.53. The highest BCUT2D eigenvalue weighted by Gasteiger charge is 2.02. The van der Waals surface area contributed by atoms with Gasteiger partial charge in [0.25, 0.3) is 0 Å². The summed E-state index contributed by atoms with van der Waals surface area (Å²) in [7, 11) is 0. The Hall–Kier alpha value is -2.74. The van der Waals surface area contributed by atoms with Crippen LogP contribution < -0.4 is 11.1 Å². The molecule has 90 valence electrons. The van der Waals surface area contributed by atoms with Crippen LogP contribution in [0.3, 0.4) is 0 Å². The second-order valence-electron chi connectivity index (χ2n) is 3.76. The third-order valence-corrected chi connectivity index (χ3v) is 2.43. The zero-order valence-electron chi connectivity index (χ0n) is 9.59. The number of nitrogen functional groups attached to an aromatic ring is 1. The van der Waals surface area contributed by atoms with E-state index in [0.29, 0.717) is 29.3 Å². The molecular weight excluding hydrogens is 228 g/mol. The second-order valence-corrected chi connectivity index (χ2v) is 3.76. The molecule has 2 aromatic rings. The Labute approximate surface area is 105 Å². The summed E-state index contributed by atoms with van der Waals surface area (Å²) in [5.41, 5.74) is 7.25. The number of hydrogen-bond acceptors (Lipinski definition) is 5. The highest BCUT2D eigenvalue weighted by molar-refractivity contribution is 5.49. The van der Waals surface area contributed by atoms with Crippen molar-refractivity contribution in [2.24, 2.45) is 0 Å². The number of phenolic OH excluding ortho intramolecular Hbond substituents is 1. The third kappa shape index (κ3) is 2.68. The Morgan fingerprint density at radius 2 is 2.17 bits per heavy atom. The van der Waals surface area contributed by atoms with Gasteiger partial charge in [-0.05, 0) is 30.3 Å². The molecule has 0 aliphatic carbocycles. The normalized spacial score (nSPS) is 9.72. The van der Waals surface area contributed by atoms with Gasteiger partial charge in [0.1, 0.15) is 23.3 Å². The number of phenols is 1. The van der Waals surface area contributed by atoms with E-state index < -0.39 is 0 Å². The number of anilines is 2. The monoisotopic (exact) mass is 240 g/mol. The molecule has 0 aliphatic rings. The molecule has 0 unspecified atom stereocenters. The Morgan fingerprint density at radius 3 is 2.94 bits per heavy atom. The molecule has 0 saturated carbocycles. The molecule has 0 aliphatic heterocycles. The van der Waals surface area contributed by atoms with Crippen LogP contribution in [0.4, 0.5) is 11.5 Å². The van der Waals surface area contributed by atoms with E-state index in [9.17, 15) is 5.11 Å². The van der Waals surface area contributed by atoms with Crippen molar-refractivity contribution >= 4 is 11.5 Å². The molecule has 1 aromatic carbocycles. The predicted octanol–water partition coefficient (Wildman–Crippen LogP) is 1.85. The van der Waals surface area contributed by atoms with Gasteiger partial charge in [0.2, 0.25) is 0 Å². The molecule has 0 saturated heterocycles. The Bertz CT molecular complexity index is 604. The van der Waals surface area contributed by atoms with Gasteiger partial charge in [-0.1, -0.05) is 6.07 Å². The van der Waals surface area contributed by atoms with Crippen LogP contribution in [0.2, 0.25) is 0 Å². The van der Waals surface area contributed by atoms with Crippen LogP contribution in [0.5, 0.6) is 5.75 Å². The summed E-state index contributed by atoms with van der Waals surface area (Å²) in [5, 5.41) is 21.4. The predicted molar refractivity (Wildman–Crippen MR) is 68.8 cm³/mol. The largest absolute Gasteiger partial charge is 0.508 e. The van der Waals surface area contributed by atoms with Crippen LogP contribution >= 0.6 is 0 Å². The summed E-state index contributed by atoms with van der Waals surface area (Å²) < 4.78 is 0. The molecule has 1 heterocycles. The number of nitrogens with one attached hydrogen (secondary N) is 1. The lowest BCUT2D eigenvalue weighted by Crippen LogP contribution is -2.02. The van der Waals surface area contributed by atoms with Crippen molar-refractivity contribution in [1.29, 1.82) is 5.26 Å². The van der Waals surface area contributed by atoms with Crippen LogP contribution in [-0.2, 0) is 6.54 Å². The van der Waals surface area contributed by atoms with Gasteiger partial charge in [0.15, 0.2) is 0 Å². The minimum atomic E-state index is 0.174. The molecule has 0 fully saturated rings. The SMILES string of the molecule is N#Cc1cccc(NCc2cc(N)ccc2O)n1. The lowest BCUT2D eigenvalue weighted by molar-refractivity contribution is 0.469. The summed E-state index contributed by atoms with van der Waals surface area (Å²) in [6, 6.07) is 12.0. The van der Waals surface area contributed by atoms with Crippen LogP contribution in [0, 0.1) is 11.3 Å². The summed E-state index contributed by atoms with van der Waals surface area (Å²) in [5.74, 6) is 0.754. The fraction of sp³-hybridized carbons (Fsp3) is 0.0769. The highest BCUT2D eigenvalue weighted by atomic mass is 16.3. The van der Waals surface area contributed by atoms with E-state index in [4.69, 9.17) is 11.0 Å². The lowest BCUT2D eigenvalue weighted by Gasteiger charge is -2.08. The molecule has 0 radical (unpaired) electrons. The van der Waals surface area contributed by atoms with Crippen LogP contribution in [0.25, 0.3) is 0 Å². The number of hydrogen-bond donors (Lipinski definition) is 3. The van der Waals surface area contributed by atoms with Gasteiger partial charge >= 0.3 is 0 Å². The fourth-order valence-corrected chi connectivity index (χ4v) is 1.53. The van der Waals surface area contributed by atoms with E-state index in [1.165, 1.54) is 0 Å². The first-order valence-corrected chi connectivity index (χ1v) is 5.37. The van der Waals surface area contributed by atoms with Crippen molar-refractivity contribution in [1.82, 2.24) is 4.98 Å². The van der Waals surface area contributed by atoms with Crippen molar-refractivity contribution in [3.63, 3.8) is 0 Å². The van der Waals surface area contributed by atoms with Gasteiger partial charge in [-0.3, -0.25) is 0 Å². The molecule has 18 heavy (non-hydrogen) atoms. The maximum absolute atomic E-state index is 9.65. The summed E-state index contributed by atoms with van der Waals surface area (Å²) in [6.45, 7) is 0.388. The van der Waals surface area contributed by atoms with Crippen molar-refractivity contribution in [3.05, 3.63) is 47.7 Å². The lowest BCUT2D eigenvalue weighted by atomic mass is 10.2. The first-order chi connectivity index (χ1) is 8.69. The molecule has 2 rings (SSSR count). The topological polar surface area (TPSA) is 95.0 Å². The number of benzene rings is 1. The summed E-state index contributed by atoms with van der Waals surface area (Å²) in [6.07, 6.45) is 0. The minimum Gasteiger partial charge on any atom is -0.508 e. The number of nitriles is 1. The van der Waals surface area contributed by atoms with Crippen LogP contribution in [0.15, 0.2) is 36.4 Å². The molecule has 4 N–H and O–H groups in total. The van der Waals surface area contributed by atoms with Gasteiger partial charge in [0.05, 0.1) is 0 Å². The minimum absolute atomic E-state index is 0.174. The van der Waals surface area contributed by atoms with Gasteiger partial charge < -0.3 is 16.2 Å². The third-order valence-electron chi connectivity index (χ3n) is 2.43. The smallest absolute Gasteiger partial charge is 0.142 e. The van der Waals surface area contributed by atoms with Gasteiger partial charge in [-0.25, -0.2) is 4.98 Å². The maximum atomic E-state index is 9.65. The average Bonchev–Trinajstić information content (AvgIpc) is 2.40.